The molecular weight excluding hydrogens is 350 g/mol. The molecule has 0 aliphatic rings. The number of ketones is 1. The summed E-state index contributed by atoms with van der Waals surface area (Å²) < 4.78 is 0. The van der Waals surface area contributed by atoms with Gasteiger partial charge in [-0.1, -0.05) is 60.7 Å². The first-order valence-corrected chi connectivity index (χ1v) is 8.83. The minimum Gasteiger partial charge on any atom is -0.322 e. The molecule has 0 bridgehead atoms. The molecule has 28 heavy (non-hydrogen) atoms. The monoisotopic (exact) mass is 367 g/mol. The van der Waals surface area contributed by atoms with E-state index >= 15 is 0 Å². The maximum Gasteiger partial charge on any atom is 0.248 e. The molecule has 136 valence electrons. The molecule has 0 saturated carbocycles. The van der Waals surface area contributed by atoms with E-state index in [2.05, 4.69) is 15.5 Å². The zero-order valence-electron chi connectivity index (χ0n) is 14.9. The smallest absolute Gasteiger partial charge is 0.248 e. The lowest BCUT2D eigenvalue weighted by atomic mass is 10.0. The first kappa shape index (κ1) is 17.4. The van der Waals surface area contributed by atoms with Gasteiger partial charge in [-0.2, -0.15) is 5.10 Å². The number of hydrogen-bond acceptors (Lipinski definition) is 3. The lowest BCUT2D eigenvalue weighted by Crippen LogP contribution is -2.09. The minimum atomic E-state index is -0.295. The summed E-state index contributed by atoms with van der Waals surface area (Å²) in [5.74, 6) is -0.383. The summed E-state index contributed by atoms with van der Waals surface area (Å²) in [5.41, 5.74) is 3.29. The van der Waals surface area contributed by atoms with E-state index in [4.69, 9.17) is 0 Å². The Morgan fingerprint density at radius 1 is 0.857 bits per heavy atom. The Hall–Kier alpha value is -3.99. The second-order valence-corrected chi connectivity index (χ2v) is 6.25. The van der Waals surface area contributed by atoms with Gasteiger partial charge in [0.2, 0.25) is 5.91 Å². The van der Waals surface area contributed by atoms with E-state index in [0.717, 1.165) is 10.9 Å². The molecule has 4 rings (SSSR count). The standard InChI is InChI=1S/C23H17N3O2/c27-22(14-13-21-19-11-4-5-12-20(19)25-26-21)24-18-10-6-9-17(15-18)23(28)16-7-2-1-3-8-16/h1-15H,(H,24,27)(H,25,26)/b14-13+. The largest absolute Gasteiger partial charge is 0.322 e. The molecule has 0 spiro atoms. The number of aromatic amines is 1. The Labute approximate surface area is 161 Å². The fraction of sp³-hybridized carbons (Fsp3) is 0. The van der Waals surface area contributed by atoms with Gasteiger partial charge in [-0.05, 0) is 24.3 Å². The van der Waals surface area contributed by atoms with E-state index in [1.54, 1.807) is 42.5 Å². The Balaban J connectivity index is 1.48. The summed E-state index contributed by atoms with van der Waals surface area (Å²) in [6, 6.07) is 23.6. The van der Waals surface area contributed by atoms with Crippen molar-refractivity contribution in [1.82, 2.24) is 10.2 Å². The Morgan fingerprint density at radius 2 is 1.61 bits per heavy atom. The molecule has 5 heteroatoms. The third-order valence-corrected chi connectivity index (χ3v) is 4.32. The summed E-state index contributed by atoms with van der Waals surface area (Å²) >= 11 is 0. The highest BCUT2D eigenvalue weighted by atomic mass is 16.1. The number of aromatic nitrogens is 2. The third-order valence-electron chi connectivity index (χ3n) is 4.32. The van der Waals surface area contributed by atoms with Crippen molar-refractivity contribution in [1.29, 1.82) is 0 Å². The van der Waals surface area contributed by atoms with Crippen molar-refractivity contribution in [3.8, 4) is 0 Å². The van der Waals surface area contributed by atoms with Gasteiger partial charge in [0, 0.05) is 28.3 Å². The molecule has 1 heterocycles. The number of rotatable bonds is 5. The van der Waals surface area contributed by atoms with Crippen molar-refractivity contribution in [3.63, 3.8) is 0 Å². The number of amides is 1. The van der Waals surface area contributed by atoms with Crippen molar-refractivity contribution < 1.29 is 9.59 Å². The summed E-state index contributed by atoms with van der Waals surface area (Å²) in [4.78, 5) is 24.8. The lowest BCUT2D eigenvalue weighted by molar-refractivity contribution is -0.111. The molecule has 0 atom stereocenters. The molecule has 3 aromatic carbocycles. The number of hydrogen-bond donors (Lipinski definition) is 2. The van der Waals surface area contributed by atoms with Gasteiger partial charge in [0.15, 0.2) is 5.78 Å². The fourth-order valence-electron chi connectivity index (χ4n) is 2.94. The molecule has 0 unspecified atom stereocenters. The molecule has 0 radical (unpaired) electrons. The second kappa shape index (κ2) is 7.72. The summed E-state index contributed by atoms with van der Waals surface area (Å²) in [5, 5.41) is 10.9. The molecular formula is C23H17N3O2. The number of para-hydroxylation sites is 1. The zero-order valence-corrected chi connectivity index (χ0v) is 14.9. The van der Waals surface area contributed by atoms with Crippen LogP contribution in [-0.4, -0.2) is 21.9 Å². The van der Waals surface area contributed by atoms with Crippen LogP contribution in [0, 0.1) is 0 Å². The summed E-state index contributed by atoms with van der Waals surface area (Å²) in [6.45, 7) is 0. The Morgan fingerprint density at radius 3 is 2.46 bits per heavy atom. The van der Waals surface area contributed by atoms with Crippen LogP contribution in [0.15, 0.2) is 84.9 Å². The van der Waals surface area contributed by atoms with Crippen LogP contribution in [0.2, 0.25) is 0 Å². The Bertz CT molecular complexity index is 1180. The third kappa shape index (κ3) is 3.73. The average molecular weight is 367 g/mol. The molecule has 4 aromatic rings. The molecule has 0 saturated heterocycles. The highest BCUT2D eigenvalue weighted by molar-refractivity contribution is 6.10. The number of H-pyrrole nitrogens is 1. The highest BCUT2D eigenvalue weighted by Crippen LogP contribution is 2.17. The summed E-state index contributed by atoms with van der Waals surface area (Å²) in [7, 11) is 0. The van der Waals surface area contributed by atoms with E-state index in [1.165, 1.54) is 6.08 Å². The van der Waals surface area contributed by atoms with E-state index in [1.807, 2.05) is 42.5 Å². The number of anilines is 1. The SMILES string of the molecule is O=C(/C=C/c1n[nH]c2ccccc12)Nc1cccc(C(=O)c2ccccc2)c1. The number of nitrogens with one attached hydrogen (secondary N) is 2. The maximum absolute atomic E-state index is 12.6. The maximum atomic E-state index is 12.6. The molecule has 5 nitrogen and oxygen atoms in total. The molecule has 0 aliphatic carbocycles. The molecule has 0 aliphatic heterocycles. The van der Waals surface area contributed by atoms with Gasteiger partial charge in [-0.25, -0.2) is 0 Å². The van der Waals surface area contributed by atoms with Crippen molar-refractivity contribution in [2.24, 2.45) is 0 Å². The van der Waals surface area contributed by atoms with E-state index in [9.17, 15) is 9.59 Å². The first-order valence-electron chi connectivity index (χ1n) is 8.83. The van der Waals surface area contributed by atoms with Gasteiger partial charge in [-0.3, -0.25) is 14.7 Å². The van der Waals surface area contributed by atoms with Gasteiger partial charge in [0.25, 0.3) is 0 Å². The zero-order chi connectivity index (χ0) is 19.3. The van der Waals surface area contributed by atoms with Crippen molar-refractivity contribution in [3.05, 3.63) is 102 Å². The van der Waals surface area contributed by atoms with E-state index < -0.39 is 0 Å². The quantitative estimate of drug-likeness (QED) is 0.404. The van der Waals surface area contributed by atoms with Crippen LogP contribution < -0.4 is 5.32 Å². The predicted molar refractivity (Wildman–Crippen MR) is 110 cm³/mol. The Kier molecular flexibility index (Phi) is 4.80. The molecule has 2 N–H and O–H groups in total. The molecule has 0 fully saturated rings. The predicted octanol–water partition coefficient (Wildman–Crippen LogP) is 4.45. The van der Waals surface area contributed by atoms with Crippen molar-refractivity contribution in [2.45, 2.75) is 0 Å². The lowest BCUT2D eigenvalue weighted by Gasteiger charge is -2.05. The van der Waals surface area contributed by atoms with Crippen LogP contribution in [0.4, 0.5) is 5.69 Å². The van der Waals surface area contributed by atoms with Crippen LogP contribution in [0.3, 0.4) is 0 Å². The summed E-state index contributed by atoms with van der Waals surface area (Å²) in [6.07, 6.45) is 3.08. The van der Waals surface area contributed by atoms with Crippen LogP contribution in [-0.2, 0) is 4.79 Å². The van der Waals surface area contributed by atoms with Crippen molar-refractivity contribution in [2.75, 3.05) is 5.32 Å². The van der Waals surface area contributed by atoms with Gasteiger partial charge >= 0.3 is 0 Å². The van der Waals surface area contributed by atoms with Crippen molar-refractivity contribution >= 4 is 34.4 Å². The topological polar surface area (TPSA) is 74.8 Å². The van der Waals surface area contributed by atoms with Gasteiger partial charge in [0.1, 0.15) is 0 Å². The van der Waals surface area contributed by atoms with Crippen LogP contribution >= 0.6 is 0 Å². The molecule has 1 amide bonds. The van der Waals surface area contributed by atoms with Crippen LogP contribution in [0.5, 0.6) is 0 Å². The van der Waals surface area contributed by atoms with E-state index in [0.29, 0.717) is 22.5 Å². The fourth-order valence-corrected chi connectivity index (χ4v) is 2.94. The number of fused-ring (bicyclic) bond motifs is 1. The van der Waals surface area contributed by atoms with E-state index in [-0.39, 0.29) is 11.7 Å². The number of benzene rings is 3. The first-order chi connectivity index (χ1) is 13.7. The number of carbonyl (C=O) groups excluding carboxylic acids is 2. The van der Waals surface area contributed by atoms with Gasteiger partial charge < -0.3 is 5.32 Å². The average Bonchev–Trinajstić information content (AvgIpc) is 3.16. The highest BCUT2D eigenvalue weighted by Gasteiger charge is 2.09. The number of carbonyl (C=O) groups is 2. The van der Waals surface area contributed by atoms with Crippen LogP contribution in [0.1, 0.15) is 21.6 Å². The number of nitrogens with zero attached hydrogens (tertiary/aromatic N) is 1. The van der Waals surface area contributed by atoms with Crippen LogP contribution in [0.25, 0.3) is 17.0 Å². The van der Waals surface area contributed by atoms with Gasteiger partial charge in [-0.15, -0.1) is 0 Å². The normalized spacial score (nSPS) is 11.0. The minimum absolute atomic E-state index is 0.0877. The second-order valence-electron chi connectivity index (χ2n) is 6.25. The van der Waals surface area contributed by atoms with Gasteiger partial charge in [0.05, 0.1) is 11.2 Å². The molecule has 1 aromatic heterocycles.